The zero-order valence-electron chi connectivity index (χ0n) is 15.5. The highest BCUT2D eigenvalue weighted by molar-refractivity contribution is 6.07. The molecule has 6 nitrogen and oxygen atoms in total. The number of para-hydroxylation sites is 1. The van der Waals surface area contributed by atoms with Crippen LogP contribution in [0.4, 0.5) is 11.5 Å². The molecule has 2 aromatic rings. The van der Waals surface area contributed by atoms with E-state index in [0.717, 1.165) is 18.7 Å². The van der Waals surface area contributed by atoms with Crippen LogP contribution in [0.25, 0.3) is 0 Å². The first-order valence-electron chi connectivity index (χ1n) is 9.38. The molecule has 1 heterocycles. The van der Waals surface area contributed by atoms with Crippen LogP contribution in [0.3, 0.4) is 0 Å². The number of pyridine rings is 1. The molecule has 0 radical (unpaired) electrons. The number of nitrogens with one attached hydrogen (secondary N) is 2. The van der Waals surface area contributed by atoms with Crippen LogP contribution in [0.15, 0.2) is 42.6 Å². The number of anilines is 2. The molecule has 2 N–H and O–H groups in total. The van der Waals surface area contributed by atoms with Gasteiger partial charge in [0.2, 0.25) is 0 Å². The first kappa shape index (κ1) is 18.9. The fraction of sp³-hybridized carbons (Fsp3) is 0.381. The van der Waals surface area contributed by atoms with Crippen LogP contribution in [0.1, 0.15) is 59.2 Å². The Morgan fingerprint density at radius 2 is 1.78 bits per heavy atom. The summed E-state index contributed by atoms with van der Waals surface area (Å²) in [6.45, 7) is 0. The van der Waals surface area contributed by atoms with E-state index in [2.05, 4.69) is 15.6 Å². The summed E-state index contributed by atoms with van der Waals surface area (Å²) in [6, 6.07) is 10.8. The van der Waals surface area contributed by atoms with Crippen molar-refractivity contribution in [2.24, 2.45) is 0 Å². The Morgan fingerprint density at radius 3 is 2.44 bits per heavy atom. The molecule has 1 aromatic carbocycles. The molecule has 1 fully saturated rings. The lowest BCUT2D eigenvalue weighted by atomic mass is 10.1. The van der Waals surface area contributed by atoms with Crippen molar-refractivity contribution in [3.05, 3.63) is 53.7 Å². The molecule has 0 spiro atoms. The van der Waals surface area contributed by atoms with Crippen molar-refractivity contribution >= 4 is 23.4 Å². The van der Waals surface area contributed by atoms with Crippen molar-refractivity contribution in [1.29, 1.82) is 0 Å². The number of aromatic nitrogens is 1. The van der Waals surface area contributed by atoms with Crippen LogP contribution in [-0.4, -0.2) is 30.0 Å². The molecule has 0 unspecified atom stereocenters. The number of hydrogen-bond acceptors (Lipinski definition) is 5. The number of benzene rings is 1. The first-order valence-corrected chi connectivity index (χ1v) is 9.38. The normalized spacial score (nSPS) is 14.9. The number of carbonyl (C=O) groups is 2. The summed E-state index contributed by atoms with van der Waals surface area (Å²) in [7, 11) is 1.31. The van der Waals surface area contributed by atoms with Crippen LogP contribution in [0.5, 0.6) is 0 Å². The Bertz CT molecular complexity index is 782. The standard InChI is InChI=1S/C21H25N3O3/c1-27-21(26)17-10-6-7-11-18(17)24-20(25)15-12-13-19(22-14-15)23-16-8-4-2-3-5-9-16/h6-7,10-14,16H,2-5,8-9H2,1H3,(H,22,23)(H,24,25). The molecule has 27 heavy (non-hydrogen) atoms. The summed E-state index contributed by atoms with van der Waals surface area (Å²) in [5, 5.41) is 6.22. The van der Waals surface area contributed by atoms with Gasteiger partial charge >= 0.3 is 5.97 Å². The van der Waals surface area contributed by atoms with E-state index >= 15 is 0 Å². The van der Waals surface area contributed by atoms with Crippen LogP contribution in [0, 0.1) is 0 Å². The second-order valence-electron chi connectivity index (χ2n) is 6.76. The largest absolute Gasteiger partial charge is 0.465 e. The molecule has 142 valence electrons. The lowest BCUT2D eigenvalue weighted by Crippen LogP contribution is -2.19. The molecular weight excluding hydrogens is 342 g/mol. The Balaban J connectivity index is 1.65. The fourth-order valence-corrected chi connectivity index (χ4v) is 3.32. The third-order valence-electron chi connectivity index (χ3n) is 4.81. The molecule has 0 aliphatic heterocycles. The van der Waals surface area contributed by atoms with Crippen LogP contribution < -0.4 is 10.6 Å². The van der Waals surface area contributed by atoms with E-state index in [9.17, 15) is 9.59 Å². The summed E-state index contributed by atoms with van der Waals surface area (Å²) in [4.78, 5) is 28.7. The quantitative estimate of drug-likeness (QED) is 0.610. The molecule has 1 aliphatic carbocycles. The van der Waals surface area contributed by atoms with Gasteiger partial charge in [0.05, 0.1) is 23.9 Å². The van der Waals surface area contributed by atoms with E-state index in [1.54, 1.807) is 36.5 Å². The van der Waals surface area contributed by atoms with E-state index in [4.69, 9.17) is 4.74 Å². The molecule has 1 aromatic heterocycles. The summed E-state index contributed by atoms with van der Waals surface area (Å²) >= 11 is 0. The number of ether oxygens (including phenoxy) is 1. The van der Waals surface area contributed by atoms with Crippen molar-refractivity contribution in [3.8, 4) is 0 Å². The SMILES string of the molecule is COC(=O)c1ccccc1NC(=O)c1ccc(NC2CCCCCC2)nc1. The Hall–Kier alpha value is -2.89. The number of hydrogen-bond donors (Lipinski definition) is 2. The summed E-state index contributed by atoms with van der Waals surface area (Å²) in [5.74, 6) is -0.0275. The lowest BCUT2D eigenvalue weighted by Gasteiger charge is -2.17. The average Bonchev–Trinajstić information content (AvgIpc) is 2.97. The Kier molecular flexibility index (Phi) is 6.41. The van der Waals surface area contributed by atoms with Gasteiger partial charge < -0.3 is 15.4 Å². The van der Waals surface area contributed by atoms with Gasteiger partial charge in [0.25, 0.3) is 5.91 Å². The number of esters is 1. The zero-order chi connectivity index (χ0) is 19.1. The molecule has 0 atom stereocenters. The minimum Gasteiger partial charge on any atom is -0.465 e. The number of amides is 1. The smallest absolute Gasteiger partial charge is 0.339 e. The van der Waals surface area contributed by atoms with Gasteiger partial charge in [0, 0.05) is 12.2 Å². The molecule has 1 saturated carbocycles. The van der Waals surface area contributed by atoms with Gasteiger partial charge in [-0.3, -0.25) is 4.79 Å². The summed E-state index contributed by atoms with van der Waals surface area (Å²) in [6.07, 6.45) is 8.97. The molecule has 3 rings (SSSR count). The van der Waals surface area contributed by atoms with Crippen LogP contribution >= 0.6 is 0 Å². The van der Waals surface area contributed by atoms with Crippen LogP contribution in [0.2, 0.25) is 0 Å². The van der Waals surface area contributed by atoms with Crippen molar-refractivity contribution in [2.45, 2.75) is 44.6 Å². The lowest BCUT2D eigenvalue weighted by molar-refractivity contribution is 0.0602. The molecule has 6 heteroatoms. The maximum atomic E-state index is 12.5. The highest BCUT2D eigenvalue weighted by Gasteiger charge is 2.15. The van der Waals surface area contributed by atoms with Gasteiger partial charge in [-0.2, -0.15) is 0 Å². The monoisotopic (exact) mass is 367 g/mol. The number of nitrogens with zero attached hydrogens (tertiary/aromatic N) is 1. The van der Waals surface area contributed by atoms with Crippen molar-refractivity contribution < 1.29 is 14.3 Å². The summed E-state index contributed by atoms with van der Waals surface area (Å²) in [5.41, 5.74) is 1.16. The zero-order valence-corrected chi connectivity index (χ0v) is 15.5. The maximum absolute atomic E-state index is 12.5. The maximum Gasteiger partial charge on any atom is 0.339 e. The van der Waals surface area contributed by atoms with Gasteiger partial charge in [0.15, 0.2) is 0 Å². The number of rotatable bonds is 5. The van der Waals surface area contributed by atoms with E-state index in [1.165, 1.54) is 32.8 Å². The van der Waals surface area contributed by atoms with Gasteiger partial charge in [0.1, 0.15) is 5.82 Å². The third-order valence-corrected chi connectivity index (χ3v) is 4.81. The number of methoxy groups -OCH3 is 1. The fourth-order valence-electron chi connectivity index (χ4n) is 3.32. The topological polar surface area (TPSA) is 80.3 Å². The minimum absolute atomic E-state index is 0.313. The molecule has 0 bridgehead atoms. The van der Waals surface area contributed by atoms with Crippen molar-refractivity contribution in [1.82, 2.24) is 4.98 Å². The van der Waals surface area contributed by atoms with E-state index in [0.29, 0.717) is 22.9 Å². The van der Waals surface area contributed by atoms with E-state index in [-0.39, 0.29) is 5.91 Å². The van der Waals surface area contributed by atoms with Gasteiger partial charge in [-0.05, 0) is 37.1 Å². The second kappa shape index (κ2) is 9.16. The van der Waals surface area contributed by atoms with Gasteiger partial charge in [-0.1, -0.05) is 37.8 Å². The van der Waals surface area contributed by atoms with Crippen LogP contribution in [-0.2, 0) is 4.74 Å². The number of carbonyl (C=O) groups excluding carboxylic acids is 2. The predicted molar refractivity (Wildman–Crippen MR) is 105 cm³/mol. The highest BCUT2D eigenvalue weighted by Crippen LogP contribution is 2.21. The molecule has 0 saturated heterocycles. The molecule has 1 aliphatic rings. The Labute approximate surface area is 159 Å². The second-order valence-corrected chi connectivity index (χ2v) is 6.76. The molecular formula is C21H25N3O3. The van der Waals surface area contributed by atoms with E-state index in [1.807, 2.05) is 6.07 Å². The van der Waals surface area contributed by atoms with Crippen molar-refractivity contribution in [2.75, 3.05) is 17.7 Å². The first-order chi connectivity index (χ1) is 13.2. The molecule has 1 amide bonds. The highest BCUT2D eigenvalue weighted by atomic mass is 16.5. The average molecular weight is 367 g/mol. The minimum atomic E-state index is -0.494. The third kappa shape index (κ3) is 5.06. The Morgan fingerprint density at radius 1 is 1.04 bits per heavy atom. The van der Waals surface area contributed by atoms with Gasteiger partial charge in [-0.25, -0.2) is 9.78 Å². The van der Waals surface area contributed by atoms with Crippen molar-refractivity contribution in [3.63, 3.8) is 0 Å². The summed E-state index contributed by atoms with van der Waals surface area (Å²) < 4.78 is 4.75. The van der Waals surface area contributed by atoms with Gasteiger partial charge in [-0.15, -0.1) is 0 Å². The predicted octanol–water partition coefficient (Wildman–Crippen LogP) is 4.26. The van der Waals surface area contributed by atoms with E-state index < -0.39 is 5.97 Å².